The van der Waals surface area contributed by atoms with Crippen LogP contribution in [0.4, 0.5) is 24.5 Å². The zero-order chi connectivity index (χ0) is 19.3. The highest BCUT2D eigenvalue weighted by Crippen LogP contribution is 2.20. The van der Waals surface area contributed by atoms with Gasteiger partial charge in [0.2, 0.25) is 5.91 Å². The minimum atomic E-state index is -4.95. The summed E-state index contributed by atoms with van der Waals surface area (Å²) in [5.41, 5.74) is 1.37. The molecule has 0 radical (unpaired) electrons. The molecule has 0 aliphatic rings. The zero-order valence-electron chi connectivity index (χ0n) is 13.7. The minimum absolute atomic E-state index is 0.0143. The Bertz CT molecular complexity index is 775. The number of benzene rings is 2. The van der Waals surface area contributed by atoms with E-state index in [1.54, 1.807) is 24.4 Å². The molecule has 0 aliphatic carbocycles. The lowest BCUT2D eigenvalue weighted by atomic mass is 10.0. The molecular weight excluding hydrogens is 369 g/mol. The number of hydrogen-bond donors (Lipinski definition) is 2. The van der Waals surface area contributed by atoms with Crippen LogP contribution in [-0.4, -0.2) is 18.0 Å². The quantitative estimate of drug-likeness (QED) is 0.787. The summed E-state index contributed by atoms with van der Waals surface area (Å²) >= 11 is 5.82. The van der Waals surface area contributed by atoms with Gasteiger partial charge in [0.15, 0.2) is 0 Å². The molecular formula is C18H16ClF3N2O2. The molecule has 2 N–H and O–H groups in total. The van der Waals surface area contributed by atoms with E-state index in [0.717, 1.165) is 5.56 Å². The third kappa shape index (κ3) is 5.77. The number of halogens is 4. The Hall–Kier alpha value is -2.54. The van der Waals surface area contributed by atoms with Crippen molar-refractivity contribution in [2.24, 2.45) is 5.92 Å². The van der Waals surface area contributed by atoms with Crippen LogP contribution in [0.2, 0.25) is 5.02 Å². The second-order valence-electron chi connectivity index (χ2n) is 5.75. The molecule has 8 heteroatoms. The van der Waals surface area contributed by atoms with Crippen molar-refractivity contribution in [1.29, 1.82) is 0 Å². The highest BCUT2D eigenvalue weighted by molar-refractivity contribution is 6.30. The molecule has 2 rings (SSSR count). The van der Waals surface area contributed by atoms with Gasteiger partial charge >= 0.3 is 12.1 Å². The third-order valence-corrected chi connectivity index (χ3v) is 3.82. The van der Waals surface area contributed by atoms with Crippen molar-refractivity contribution in [3.05, 3.63) is 59.1 Å². The van der Waals surface area contributed by atoms with Crippen LogP contribution in [0.15, 0.2) is 48.5 Å². The van der Waals surface area contributed by atoms with E-state index in [4.69, 9.17) is 11.6 Å². The third-order valence-electron chi connectivity index (χ3n) is 3.57. The molecule has 0 aliphatic heterocycles. The topological polar surface area (TPSA) is 58.2 Å². The van der Waals surface area contributed by atoms with Crippen LogP contribution in [0.25, 0.3) is 0 Å². The van der Waals surface area contributed by atoms with Gasteiger partial charge in [-0.3, -0.25) is 9.59 Å². The number of nitrogens with one attached hydrogen (secondary N) is 2. The molecule has 0 saturated carbocycles. The maximum absolute atomic E-state index is 12.2. The van der Waals surface area contributed by atoms with Crippen molar-refractivity contribution < 1.29 is 22.8 Å². The zero-order valence-corrected chi connectivity index (χ0v) is 14.5. The van der Waals surface area contributed by atoms with Gasteiger partial charge in [-0.15, -0.1) is 0 Å². The molecule has 0 saturated heterocycles. The first-order chi connectivity index (χ1) is 12.1. The molecule has 1 atom stereocenters. The predicted octanol–water partition coefficient (Wildman–Crippen LogP) is 4.66. The smallest absolute Gasteiger partial charge is 0.326 e. The van der Waals surface area contributed by atoms with Crippen LogP contribution >= 0.6 is 11.6 Å². The van der Waals surface area contributed by atoms with E-state index in [0.29, 0.717) is 17.1 Å². The summed E-state index contributed by atoms with van der Waals surface area (Å²) in [6.07, 6.45) is -4.44. The van der Waals surface area contributed by atoms with E-state index >= 15 is 0 Å². The van der Waals surface area contributed by atoms with Gasteiger partial charge in [0.05, 0.1) is 0 Å². The number of rotatable bonds is 5. The summed E-state index contributed by atoms with van der Waals surface area (Å²) in [6, 6.07) is 12.6. The van der Waals surface area contributed by atoms with Crippen molar-refractivity contribution in [1.82, 2.24) is 0 Å². The fourth-order valence-corrected chi connectivity index (χ4v) is 2.30. The van der Waals surface area contributed by atoms with E-state index in [1.165, 1.54) is 24.3 Å². The summed E-state index contributed by atoms with van der Waals surface area (Å²) < 4.78 is 36.6. The number of carbonyl (C=O) groups excluding carboxylic acids is 2. The van der Waals surface area contributed by atoms with Gasteiger partial charge in [0.1, 0.15) is 0 Å². The van der Waals surface area contributed by atoms with Gasteiger partial charge in [0.25, 0.3) is 0 Å². The first-order valence-electron chi connectivity index (χ1n) is 7.68. The number of alkyl halides is 3. The highest BCUT2D eigenvalue weighted by Gasteiger charge is 2.38. The number of amides is 2. The standard InChI is InChI=1S/C18H16ClF3N2O2/c1-11(10-12-2-4-13(19)5-3-12)16(25)23-14-6-8-15(9-7-14)24-17(26)18(20,21)22/h2-9,11H,10H2,1H3,(H,23,25)(H,24,26). The fraction of sp³-hybridized carbons (Fsp3) is 0.222. The van der Waals surface area contributed by atoms with Gasteiger partial charge in [-0.1, -0.05) is 30.7 Å². The monoisotopic (exact) mass is 384 g/mol. The number of carbonyl (C=O) groups is 2. The fourth-order valence-electron chi connectivity index (χ4n) is 2.17. The lowest BCUT2D eigenvalue weighted by Gasteiger charge is -2.13. The predicted molar refractivity (Wildman–Crippen MR) is 94.1 cm³/mol. The number of hydrogen-bond acceptors (Lipinski definition) is 2. The Morgan fingerprint density at radius 1 is 0.962 bits per heavy atom. The van der Waals surface area contributed by atoms with Gasteiger partial charge in [-0.05, 0) is 48.4 Å². The largest absolute Gasteiger partial charge is 0.471 e. The lowest BCUT2D eigenvalue weighted by molar-refractivity contribution is -0.167. The van der Waals surface area contributed by atoms with Crippen LogP contribution in [0.5, 0.6) is 0 Å². The van der Waals surface area contributed by atoms with Crippen LogP contribution in [0, 0.1) is 5.92 Å². The van der Waals surface area contributed by atoms with Crippen molar-refractivity contribution in [2.45, 2.75) is 19.5 Å². The van der Waals surface area contributed by atoms with Crippen molar-refractivity contribution in [3.8, 4) is 0 Å². The summed E-state index contributed by atoms with van der Waals surface area (Å²) in [4.78, 5) is 23.1. The Labute approximate surface area is 153 Å². The molecule has 4 nitrogen and oxygen atoms in total. The molecule has 138 valence electrons. The van der Waals surface area contributed by atoms with E-state index in [9.17, 15) is 22.8 Å². The van der Waals surface area contributed by atoms with Crippen molar-refractivity contribution >= 4 is 34.8 Å². The molecule has 0 fully saturated rings. The van der Waals surface area contributed by atoms with Crippen molar-refractivity contribution in [2.75, 3.05) is 10.6 Å². The van der Waals surface area contributed by atoms with Gasteiger partial charge in [-0.25, -0.2) is 0 Å². The Morgan fingerprint density at radius 3 is 1.96 bits per heavy atom. The average Bonchev–Trinajstić information content (AvgIpc) is 2.57. The molecule has 2 aromatic carbocycles. The summed E-state index contributed by atoms with van der Waals surface area (Å²) in [6.45, 7) is 1.77. The van der Waals surface area contributed by atoms with E-state index < -0.39 is 12.1 Å². The SMILES string of the molecule is CC(Cc1ccc(Cl)cc1)C(=O)Nc1ccc(NC(=O)C(F)(F)F)cc1. The van der Waals surface area contributed by atoms with Crippen LogP contribution in [0.3, 0.4) is 0 Å². The minimum Gasteiger partial charge on any atom is -0.326 e. The lowest BCUT2D eigenvalue weighted by Crippen LogP contribution is -2.29. The van der Waals surface area contributed by atoms with Gasteiger partial charge in [-0.2, -0.15) is 13.2 Å². The molecule has 2 amide bonds. The van der Waals surface area contributed by atoms with E-state index in [2.05, 4.69) is 5.32 Å². The van der Waals surface area contributed by atoms with Gasteiger partial charge < -0.3 is 10.6 Å². The van der Waals surface area contributed by atoms with Crippen molar-refractivity contribution in [3.63, 3.8) is 0 Å². The summed E-state index contributed by atoms with van der Waals surface area (Å²) in [5, 5.41) is 5.03. The van der Waals surface area contributed by atoms with Crippen LogP contribution in [-0.2, 0) is 16.0 Å². The van der Waals surface area contributed by atoms with E-state index in [1.807, 2.05) is 12.1 Å². The second-order valence-corrected chi connectivity index (χ2v) is 6.19. The van der Waals surface area contributed by atoms with Crippen LogP contribution in [0.1, 0.15) is 12.5 Å². The summed E-state index contributed by atoms with van der Waals surface area (Å²) in [5.74, 6) is -2.60. The Balaban J connectivity index is 1.92. The first kappa shape index (κ1) is 19.8. The normalized spacial score (nSPS) is 12.3. The molecule has 0 aromatic heterocycles. The molecule has 1 unspecified atom stereocenters. The average molecular weight is 385 g/mol. The molecule has 26 heavy (non-hydrogen) atoms. The Morgan fingerprint density at radius 2 is 1.46 bits per heavy atom. The maximum Gasteiger partial charge on any atom is 0.471 e. The van der Waals surface area contributed by atoms with Crippen LogP contribution < -0.4 is 10.6 Å². The number of anilines is 2. The second kappa shape index (κ2) is 8.23. The molecule has 2 aromatic rings. The first-order valence-corrected chi connectivity index (χ1v) is 8.06. The molecule has 0 heterocycles. The Kier molecular flexibility index (Phi) is 6.26. The van der Waals surface area contributed by atoms with E-state index in [-0.39, 0.29) is 17.5 Å². The maximum atomic E-state index is 12.2. The molecule has 0 spiro atoms. The molecule has 0 bridgehead atoms. The van der Waals surface area contributed by atoms with Gasteiger partial charge in [0, 0.05) is 22.3 Å². The summed E-state index contributed by atoms with van der Waals surface area (Å²) in [7, 11) is 0. The highest BCUT2D eigenvalue weighted by atomic mass is 35.5.